The van der Waals surface area contributed by atoms with Crippen molar-refractivity contribution < 1.29 is 9.47 Å². The van der Waals surface area contributed by atoms with Gasteiger partial charge in [0.1, 0.15) is 6.10 Å². The van der Waals surface area contributed by atoms with Gasteiger partial charge in [-0.05, 0) is 38.0 Å². The molecule has 1 aromatic rings. The van der Waals surface area contributed by atoms with Crippen LogP contribution in [0.4, 0.5) is 5.95 Å². The molecule has 2 atom stereocenters. The fourth-order valence-electron chi connectivity index (χ4n) is 2.73. The Kier molecular flexibility index (Phi) is 6.02. The number of nitrogens with one attached hydrogen (secondary N) is 1. The molecule has 0 aromatic carbocycles. The van der Waals surface area contributed by atoms with Gasteiger partial charge < -0.3 is 14.8 Å². The molecule has 1 saturated carbocycles. The number of methoxy groups -OCH3 is 1. The predicted molar refractivity (Wildman–Crippen MR) is 81.8 cm³/mol. The second-order valence-corrected chi connectivity index (χ2v) is 5.46. The van der Waals surface area contributed by atoms with Gasteiger partial charge in [-0.3, -0.25) is 0 Å². The fourth-order valence-corrected chi connectivity index (χ4v) is 2.73. The van der Waals surface area contributed by atoms with E-state index in [4.69, 9.17) is 9.47 Å². The third-order valence-electron chi connectivity index (χ3n) is 3.93. The third-order valence-corrected chi connectivity index (χ3v) is 3.93. The van der Waals surface area contributed by atoms with Crippen LogP contribution in [-0.2, 0) is 0 Å². The Morgan fingerprint density at radius 2 is 1.86 bits per heavy atom. The first-order valence-electron chi connectivity index (χ1n) is 7.97. The van der Waals surface area contributed by atoms with Crippen molar-refractivity contribution in [3.63, 3.8) is 0 Å². The van der Waals surface area contributed by atoms with Crippen LogP contribution in [0.1, 0.15) is 52.4 Å². The lowest BCUT2D eigenvalue weighted by Gasteiger charge is -2.30. The van der Waals surface area contributed by atoms with E-state index in [0.29, 0.717) is 23.9 Å². The van der Waals surface area contributed by atoms with E-state index in [1.807, 2.05) is 0 Å². The molecule has 6 nitrogen and oxygen atoms in total. The van der Waals surface area contributed by atoms with E-state index >= 15 is 0 Å². The molecule has 1 fully saturated rings. The highest BCUT2D eigenvalue weighted by Gasteiger charge is 2.26. The van der Waals surface area contributed by atoms with Crippen LogP contribution in [0, 0.1) is 5.92 Å². The monoisotopic (exact) mass is 294 g/mol. The van der Waals surface area contributed by atoms with Crippen molar-refractivity contribution >= 4 is 5.95 Å². The molecule has 0 saturated heterocycles. The maximum absolute atomic E-state index is 6.04. The second kappa shape index (κ2) is 8.00. The van der Waals surface area contributed by atoms with Gasteiger partial charge in [0.2, 0.25) is 5.95 Å². The molecule has 21 heavy (non-hydrogen) atoms. The van der Waals surface area contributed by atoms with E-state index in [-0.39, 0.29) is 6.10 Å². The molecule has 0 radical (unpaired) electrons. The molecule has 118 valence electrons. The van der Waals surface area contributed by atoms with Crippen molar-refractivity contribution in [3.8, 4) is 12.0 Å². The molecule has 6 heteroatoms. The summed E-state index contributed by atoms with van der Waals surface area (Å²) in [6, 6.07) is 0.660. The Morgan fingerprint density at radius 1 is 1.10 bits per heavy atom. The molecule has 1 aliphatic carbocycles. The van der Waals surface area contributed by atoms with Gasteiger partial charge >= 0.3 is 12.0 Å². The van der Waals surface area contributed by atoms with Crippen molar-refractivity contribution in [2.45, 2.75) is 58.5 Å². The number of nitrogens with zero attached hydrogens (tertiary/aromatic N) is 3. The molecule has 1 N–H and O–H groups in total. The van der Waals surface area contributed by atoms with Crippen molar-refractivity contribution in [2.24, 2.45) is 5.92 Å². The Balaban J connectivity index is 2.10. The zero-order valence-corrected chi connectivity index (χ0v) is 13.3. The van der Waals surface area contributed by atoms with Crippen LogP contribution in [0.3, 0.4) is 0 Å². The number of hydrogen-bond donors (Lipinski definition) is 1. The summed E-state index contributed by atoms with van der Waals surface area (Å²) >= 11 is 0. The Labute approximate surface area is 126 Å². The number of ether oxygens (including phenoxy) is 2. The summed E-state index contributed by atoms with van der Waals surface area (Å²) in [5.74, 6) is 1.11. The van der Waals surface area contributed by atoms with Gasteiger partial charge in [-0.1, -0.05) is 20.3 Å². The van der Waals surface area contributed by atoms with E-state index < -0.39 is 0 Å². The fraction of sp³-hybridized carbons (Fsp3) is 0.800. The first-order chi connectivity index (χ1) is 10.3. The lowest BCUT2D eigenvalue weighted by molar-refractivity contribution is 0.0799. The van der Waals surface area contributed by atoms with Gasteiger partial charge in [-0.2, -0.15) is 9.97 Å². The van der Waals surface area contributed by atoms with Gasteiger partial charge in [0, 0.05) is 6.54 Å². The van der Waals surface area contributed by atoms with Crippen LogP contribution in [0.25, 0.3) is 0 Å². The topological polar surface area (TPSA) is 69.2 Å². The maximum atomic E-state index is 6.04. The van der Waals surface area contributed by atoms with Gasteiger partial charge in [-0.25, -0.2) is 0 Å². The largest absolute Gasteiger partial charge is 0.467 e. The standard InChI is InChI=1S/C15H26N4O2/c1-4-10-16-13-17-14(20-3)19-15(18-13)21-12-9-7-6-8-11(12)5-2/h11-12H,4-10H2,1-3H3,(H,16,17,18,19). The van der Waals surface area contributed by atoms with Crippen molar-refractivity contribution in [3.05, 3.63) is 0 Å². The van der Waals surface area contributed by atoms with E-state index in [9.17, 15) is 0 Å². The molecule has 1 aliphatic rings. The SMILES string of the molecule is CCCNc1nc(OC)nc(OC2CCCCC2CC)n1. The molecule has 0 spiro atoms. The minimum Gasteiger partial charge on any atom is -0.467 e. The molecular formula is C15H26N4O2. The zero-order valence-electron chi connectivity index (χ0n) is 13.3. The minimum absolute atomic E-state index is 0.204. The third kappa shape index (κ3) is 4.44. The van der Waals surface area contributed by atoms with Gasteiger partial charge in [-0.15, -0.1) is 4.98 Å². The molecule has 0 aliphatic heterocycles. The number of aromatic nitrogens is 3. The molecule has 1 aromatic heterocycles. The highest BCUT2D eigenvalue weighted by atomic mass is 16.5. The van der Waals surface area contributed by atoms with Crippen LogP contribution in [0.2, 0.25) is 0 Å². The van der Waals surface area contributed by atoms with Crippen molar-refractivity contribution in [1.82, 2.24) is 15.0 Å². The summed E-state index contributed by atoms with van der Waals surface area (Å²) in [4.78, 5) is 12.7. The average Bonchev–Trinajstić information content (AvgIpc) is 2.53. The Bertz CT molecular complexity index is 442. The molecule has 0 amide bonds. The summed E-state index contributed by atoms with van der Waals surface area (Å²) in [6.45, 7) is 5.12. The van der Waals surface area contributed by atoms with Gasteiger partial charge in [0.15, 0.2) is 0 Å². The van der Waals surface area contributed by atoms with Gasteiger partial charge in [0.05, 0.1) is 7.11 Å². The Hall–Kier alpha value is -1.59. The lowest BCUT2D eigenvalue weighted by Crippen LogP contribution is -2.30. The zero-order chi connectivity index (χ0) is 15.1. The van der Waals surface area contributed by atoms with Crippen LogP contribution < -0.4 is 14.8 Å². The summed E-state index contributed by atoms with van der Waals surface area (Å²) in [7, 11) is 1.55. The molecule has 1 heterocycles. The van der Waals surface area contributed by atoms with E-state index in [2.05, 4.69) is 34.1 Å². The smallest absolute Gasteiger partial charge is 0.324 e. The number of rotatable bonds is 7. The number of hydrogen-bond acceptors (Lipinski definition) is 6. The van der Waals surface area contributed by atoms with Crippen LogP contribution in [0.15, 0.2) is 0 Å². The van der Waals surface area contributed by atoms with E-state index in [0.717, 1.165) is 25.8 Å². The summed E-state index contributed by atoms with van der Waals surface area (Å²) < 4.78 is 11.2. The van der Waals surface area contributed by atoms with Crippen molar-refractivity contribution in [1.29, 1.82) is 0 Å². The first-order valence-corrected chi connectivity index (χ1v) is 7.97. The first kappa shape index (κ1) is 15.8. The minimum atomic E-state index is 0.204. The summed E-state index contributed by atoms with van der Waals surface area (Å²) in [5.41, 5.74) is 0. The molecule has 2 unspecified atom stereocenters. The lowest BCUT2D eigenvalue weighted by atomic mass is 9.85. The molecular weight excluding hydrogens is 268 g/mol. The van der Waals surface area contributed by atoms with E-state index in [1.54, 1.807) is 7.11 Å². The highest BCUT2D eigenvalue weighted by molar-refractivity contribution is 5.27. The predicted octanol–water partition coefficient (Wildman–Crippen LogP) is 3.05. The molecule has 2 rings (SSSR count). The second-order valence-electron chi connectivity index (χ2n) is 5.46. The molecule has 0 bridgehead atoms. The summed E-state index contributed by atoms with van der Waals surface area (Å²) in [6.07, 6.45) is 7.15. The van der Waals surface area contributed by atoms with Crippen molar-refractivity contribution in [2.75, 3.05) is 19.0 Å². The summed E-state index contributed by atoms with van der Waals surface area (Å²) in [5, 5.41) is 3.15. The number of anilines is 1. The van der Waals surface area contributed by atoms with Crippen LogP contribution >= 0.6 is 0 Å². The Morgan fingerprint density at radius 3 is 2.57 bits per heavy atom. The average molecular weight is 294 g/mol. The highest BCUT2D eigenvalue weighted by Crippen LogP contribution is 2.29. The van der Waals surface area contributed by atoms with Crippen LogP contribution in [-0.4, -0.2) is 34.7 Å². The van der Waals surface area contributed by atoms with Crippen LogP contribution in [0.5, 0.6) is 12.0 Å². The van der Waals surface area contributed by atoms with E-state index in [1.165, 1.54) is 19.3 Å². The van der Waals surface area contributed by atoms with Gasteiger partial charge in [0.25, 0.3) is 0 Å². The quantitative estimate of drug-likeness (QED) is 0.833. The normalized spacial score (nSPS) is 21.9. The maximum Gasteiger partial charge on any atom is 0.324 e.